The molecule has 1 aromatic carbocycles. The SMILES string of the molecule is CCN(CC)c1ccc2cc(/C=C/c3cc[n+](CCCn4cc(CO[C@H]5C(n6ccc(=O)[nH]c6=O)O[C@H](COP(=O)(O)O[C@H]6C[C@H](n7cc(C)c(=O)[nH]c7=O)O[C@@H]6COP(=O)(O)O[C@H]6C[C@H](n7cc(C)c(=O)[nH]c7=O)O[C@@H]6COP(=O)(O)O)[C@H]5OP(=O)(O)OC[C@H]5O[C@@H](n6cc(C)c(=O)[nH]c6=O)C[C@@H]5OP(=O)(O)O)nn4)c(S(=O)(=O)O)c3)oc2c1. The minimum Gasteiger partial charge on any atom is -0.457 e. The first-order valence-corrected chi connectivity index (χ1v) is 45.1. The van der Waals surface area contributed by atoms with E-state index in [0.29, 0.717) is 21.5 Å². The Hall–Kier alpha value is -8.43. The second kappa shape index (κ2) is 36.9. The number of aromatic nitrogens is 12. The standard InChI is InChI=1S/C64H80N13O37P5S/c1-6-71(7-2)40-11-10-38-20-41(106-42(38)21-40)12-9-37-13-17-72(54(19-37)120(98,99)100)15-8-16-73-28-39(69-70-73)29-101-56-55(114-119(96,97)104-31-47-43(111-116(89,90)91)22-51(108-47)75-25-34(3)57(79)66-62(75)83)49(110-60(56)74-18-14-50(78)65-61(74)82)33-105-118(94,95)113-45-24-53(77-27-36(5)59(81)68-64(77)85)109-48(45)32-103-117(92,93)112-44-23-52(107-46(44)30-102-115(86,87)88)76-26-35(4)58(80)67-63(76)84/h9-14,17-21,25-28,43-49,51-53,55-56,60H,6-8,15-16,22-24,29-33H2,1-5H3,(H11-,65,66,67,68,78,79,80,81,82,83,84,85,86,87,88,89,90,91,92,93,94,95,96,97,98,99,100)/p+1/t43-,44-,45-,46+,47+,48+,49+,51+,52+,53+,55+,56+,60?/m0/s1. The fourth-order valence-electron chi connectivity index (χ4n) is 13.5. The zero-order valence-corrected chi connectivity index (χ0v) is 68.7. The van der Waals surface area contributed by atoms with Crippen LogP contribution in [0.5, 0.6) is 0 Å². The van der Waals surface area contributed by atoms with Gasteiger partial charge in [-0.2, -0.15) is 13.0 Å². The molecule has 4 saturated heterocycles. The van der Waals surface area contributed by atoms with Gasteiger partial charge in [0.2, 0.25) is 0 Å². The topological polar surface area (TPSA) is 672 Å². The number of benzene rings is 1. The van der Waals surface area contributed by atoms with Crippen molar-refractivity contribution in [2.75, 3.05) is 44.4 Å². The lowest BCUT2D eigenvalue weighted by Gasteiger charge is -2.27. The number of aryl methyl sites for hydroxylation is 5. The van der Waals surface area contributed by atoms with Crippen molar-refractivity contribution in [2.24, 2.45) is 0 Å². The van der Waals surface area contributed by atoms with Crippen LogP contribution >= 0.6 is 39.1 Å². The monoisotopic (exact) mass is 1810 g/mol. The Balaban J connectivity index is 0.793. The van der Waals surface area contributed by atoms with Crippen molar-refractivity contribution in [1.82, 2.24) is 53.2 Å². The van der Waals surface area contributed by atoms with Gasteiger partial charge in [0.15, 0.2) is 19.0 Å². The lowest BCUT2D eigenvalue weighted by Crippen LogP contribution is -2.40. The molecule has 11 heterocycles. The van der Waals surface area contributed by atoms with Gasteiger partial charge in [-0.3, -0.25) is 103 Å². The molecule has 50 nitrogen and oxygen atoms in total. The summed E-state index contributed by atoms with van der Waals surface area (Å²) in [7, 11) is -32.8. The summed E-state index contributed by atoms with van der Waals surface area (Å²) in [6.45, 7) is 4.01. The average Bonchev–Trinajstić information content (AvgIpc) is 1.55. The first kappa shape index (κ1) is 90.8. The Kier molecular flexibility index (Phi) is 27.9. The third kappa shape index (κ3) is 22.9. The van der Waals surface area contributed by atoms with Crippen LogP contribution in [0.4, 0.5) is 5.69 Å². The van der Waals surface area contributed by atoms with Crippen LogP contribution in [0.2, 0.25) is 0 Å². The third-order valence-electron chi connectivity index (χ3n) is 19.2. The molecular formula is C64H81N13O37P5S+. The van der Waals surface area contributed by atoms with E-state index in [4.69, 9.17) is 59.8 Å². The lowest BCUT2D eigenvalue weighted by atomic mass is 10.1. The summed E-state index contributed by atoms with van der Waals surface area (Å²) in [6.07, 6.45) is -15.3. The zero-order valence-electron chi connectivity index (χ0n) is 63.4. The maximum atomic E-state index is 14.6. The number of hydrogen-bond donors (Lipinski definition) is 12. The van der Waals surface area contributed by atoms with E-state index < -0.39 is 231 Å². The van der Waals surface area contributed by atoms with Gasteiger partial charge in [0.1, 0.15) is 90.7 Å². The number of anilines is 1. The summed E-state index contributed by atoms with van der Waals surface area (Å²) in [6, 6.07) is 11.3. The summed E-state index contributed by atoms with van der Waals surface area (Å²) in [5.74, 6) is 0.468. The van der Waals surface area contributed by atoms with E-state index >= 15 is 0 Å². The Morgan fingerprint density at radius 3 is 1.57 bits per heavy atom. The summed E-state index contributed by atoms with van der Waals surface area (Å²) in [5, 5.41) is 8.59. The Morgan fingerprint density at radius 2 is 1.07 bits per heavy atom. The quantitative estimate of drug-likeness (QED) is 0.0144. The molecule has 8 aromatic rings. The van der Waals surface area contributed by atoms with Gasteiger partial charge < -0.3 is 67.3 Å². The average molecular weight is 1810 g/mol. The maximum Gasteiger partial charge on any atom is 0.472 e. The van der Waals surface area contributed by atoms with E-state index in [2.05, 4.69) is 19.7 Å². The number of phosphoric acid groups is 5. The molecule has 4 unspecified atom stereocenters. The number of furan rings is 1. The predicted octanol–water partition coefficient (Wildman–Crippen LogP) is 0.530. The molecule has 4 aliphatic rings. The van der Waals surface area contributed by atoms with Gasteiger partial charge in [-0.15, -0.1) is 5.10 Å². The molecule has 120 heavy (non-hydrogen) atoms. The van der Waals surface area contributed by atoms with E-state index in [9.17, 15) is 108 Å². The molecule has 4 aliphatic heterocycles. The van der Waals surface area contributed by atoms with Crippen LogP contribution in [0.25, 0.3) is 23.1 Å². The molecule has 4 fully saturated rings. The molecule has 0 saturated carbocycles. The second-order valence-corrected chi connectivity index (χ2v) is 35.6. The van der Waals surface area contributed by atoms with E-state index in [1.807, 2.05) is 58.0 Å². The van der Waals surface area contributed by atoms with Crippen LogP contribution < -0.4 is 54.5 Å². The number of H-pyrrole nitrogens is 4. The molecule has 0 radical (unpaired) electrons. The summed E-state index contributed by atoms with van der Waals surface area (Å²) in [5.41, 5.74) is -6.05. The first-order valence-electron chi connectivity index (χ1n) is 36.2. The van der Waals surface area contributed by atoms with E-state index in [-0.39, 0.29) is 41.9 Å². The van der Waals surface area contributed by atoms with Crippen LogP contribution in [-0.4, -0.2) is 195 Å². The van der Waals surface area contributed by atoms with Crippen LogP contribution in [0.3, 0.4) is 0 Å². The second-order valence-electron chi connectivity index (χ2n) is 27.6. The smallest absolute Gasteiger partial charge is 0.457 e. The van der Waals surface area contributed by atoms with Crippen molar-refractivity contribution in [3.8, 4) is 0 Å². The van der Waals surface area contributed by atoms with Crippen molar-refractivity contribution in [3.05, 3.63) is 197 Å². The van der Waals surface area contributed by atoms with E-state index in [0.717, 1.165) is 68.7 Å². The molecule has 56 heteroatoms. The Morgan fingerprint density at radius 1 is 0.575 bits per heavy atom. The zero-order chi connectivity index (χ0) is 86.9. The molecule has 0 bridgehead atoms. The van der Waals surface area contributed by atoms with Gasteiger partial charge >= 0.3 is 77.0 Å². The number of rotatable bonds is 37. The number of fused-ring (bicyclic) bond motifs is 1. The predicted molar refractivity (Wildman–Crippen MR) is 404 cm³/mol. The summed E-state index contributed by atoms with van der Waals surface area (Å²) < 4.78 is 187. The van der Waals surface area contributed by atoms with Crippen LogP contribution in [0, 0.1) is 20.8 Å². The fourth-order valence-corrected chi connectivity index (χ4v) is 18.0. The Labute approximate surface area is 673 Å². The highest BCUT2D eigenvalue weighted by atomic mass is 32.2. The van der Waals surface area contributed by atoms with Crippen molar-refractivity contribution >= 4 is 78.0 Å². The molecule has 0 spiro atoms. The summed E-state index contributed by atoms with van der Waals surface area (Å²) in [4.78, 5) is 186. The Bertz CT molecular complexity index is 6040. The normalized spacial score (nSPS) is 24.5. The number of phosphoric ester groups is 5. The third-order valence-corrected chi connectivity index (χ3v) is 24.1. The number of nitrogens with one attached hydrogen (secondary N) is 4. The van der Waals surface area contributed by atoms with Gasteiger partial charge in [0.05, 0.1) is 39.2 Å². The van der Waals surface area contributed by atoms with E-state index in [1.54, 1.807) is 18.2 Å². The van der Waals surface area contributed by atoms with Crippen molar-refractivity contribution in [2.45, 2.75) is 165 Å². The molecule has 12 N–H and O–H groups in total. The molecule has 654 valence electrons. The number of ether oxygens (including phenoxy) is 5. The van der Waals surface area contributed by atoms with E-state index in [1.165, 1.54) is 48.5 Å². The minimum atomic E-state index is -5.86. The number of aromatic amines is 4. The maximum absolute atomic E-state index is 14.6. The number of pyridine rings is 1. The van der Waals surface area contributed by atoms with Crippen LogP contribution in [-0.2, 0) is 113 Å². The van der Waals surface area contributed by atoms with Crippen LogP contribution in [0.15, 0.2) is 127 Å². The van der Waals surface area contributed by atoms with Gasteiger partial charge in [-0.25, -0.2) is 42.0 Å². The highest BCUT2D eigenvalue weighted by molar-refractivity contribution is 7.85. The number of nitrogens with zero attached hydrogens (tertiary/aromatic N) is 9. The molecule has 16 atom stereocenters. The highest BCUT2D eigenvalue weighted by Crippen LogP contribution is 2.55. The van der Waals surface area contributed by atoms with Gasteiger partial charge in [-0.1, -0.05) is 11.3 Å². The van der Waals surface area contributed by atoms with Gasteiger partial charge in [0, 0.05) is 122 Å². The minimum absolute atomic E-state index is 0.00230. The number of hydrogen-bond acceptors (Lipinski definition) is 32. The molecule has 12 rings (SSSR count). The van der Waals surface area contributed by atoms with Crippen molar-refractivity contribution < 1.29 is 139 Å². The van der Waals surface area contributed by atoms with Crippen molar-refractivity contribution in [1.29, 1.82) is 0 Å². The fraction of sp³-hybridized carbons (Fsp3) is 0.484. The summed E-state index contributed by atoms with van der Waals surface area (Å²) >= 11 is 0. The first-order chi connectivity index (χ1) is 56.4. The van der Waals surface area contributed by atoms with Gasteiger partial charge in [0.25, 0.3) is 22.2 Å². The van der Waals surface area contributed by atoms with Crippen LogP contribution in [0.1, 0.15) is 98.2 Å². The molecule has 7 aromatic heterocycles. The highest BCUT2D eigenvalue weighted by Gasteiger charge is 2.54. The van der Waals surface area contributed by atoms with Gasteiger partial charge in [-0.05, 0) is 64.5 Å². The largest absolute Gasteiger partial charge is 0.472 e. The molecular weight excluding hydrogens is 1730 g/mol. The molecule has 0 aliphatic carbocycles. The lowest BCUT2D eigenvalue weighted by molar-refractivity contribution is -0.734. The van der Waals surface area contributed by atoms with Crippen molar-refractivity contribution in [3.63, 3.8) is 0 Å². The molecule has 0 amide bonds.